The Hall–Kier alpha value is -0.0400. The predicted molar refractivity (Wildman–Crippen MR) is 105 cm³/mol. The average Bonchev–Trinajstić information content (AvgIpc) is 2.47. The summed E-state index contributed by atoms with van der Waals surface area (Å²) in [6, 6.07) is 0. The van der Waals surface area contributed by atoms with Crippen molar-refractivity contribution in [3.8, 4) is 0 Å². The van der Waals surface area contributed by atoms with Crippen LogP contribution in [0.1, 0.15) is 120 Å². The molecule has 0 bridgehead atoms. The second-order valence-corrected chi connectivity index (χ2v) is 9.07. The Morgan fingerprint density at radius 1 is 0.652 bits per heavy atom. The molecule has 0 aliphatic heterocycles. The zero-order valence-corrected chi connectivity index (χ0v) is 17.6. The first-order chi connectivity index (χ1) is 10.7. The molecule has 2 atom stereocenters. The first-order valence-corrected chi connectivity index (χ1v) is 10.4. The Morgan fingerprint density at radius 3 is 1.26 bits per heavy atom. The fourth-order valence-electron chi connectivity index (χ4n) is 3.34. The first kappa shape index (κ1) is 23.0. The van der Waals surface area contributed by atoms with E-state index >= 15 is 0 Å². The van der Waals surface area contributed by atoms with Crippen LogP contribution in [0.5, 0.6) is 0 Å². The second kappa shape index (κ2) is 11.5. The molecule has 23 heavy (non-hydrogen) atoms. The lowest BCUT2D eigenvalue weighted by molar-refractivity contribution is -0.158. The zero-order valence-electron chi connectivity index (χ0n) is 17.6. The lowest BCUT2D eigenvalue weighted by Gasteiger charge is -2.42. The van der Waals surface area contributed by atoms with E-state index in [9.17, 15) is 0 Å². The number of unbranched alkanes of at least 4 members (excludes halogenated alkanes) is 2. The lowest BCUT2D eigenvalue weighted by Crippen LogP contribution is -2.41. The Labute approximate surface area is 148 Å². The predicted octanol–water partition coefficient (Wildman–Crippen LogP) is 7.77. The van der Waals surface area contributed by atoms with Crippen molar-refractivity contribution in [3.05, 3.63) is 0 Å². The molecular weight excluding hydrogens is 280 g/mol. The van der Waals surface area contributed by atoms with Gasteiger partial charge in [-0.05, 0) is 64.2 Å². The second-order valence-electron chi connectivity index (χ2n) is 9.07. The fraction of sp³-hybridized carbons (Fsp3) is 1.00. The minimum absolute atomic E-state index is 0.0553. The van der Waals surface area contributed by atoms with Crippen LogP contribution in [0.25, 0.3) is 0 Å². The van der Waals surface area contributed by atoms with Crippen LogP contribution in [0.4, 0.5) is 0 Å². The molecule has 140 valence electrons. The van der Waals surface area contributed by atoms with Gasteiger partial charge in [0.15, 0.2) is 0 Å². The van der Waals surface area contributed by atoms with Gasteiger partial charge in [-0.1, -0.05) is 67.2 Å². The zero-order chi connectivity index (χ0) is 17.9. The van der Waals surface area contributed by atoms with Gasteiger partial charge < -0.3 is 4.74 Å². The van der Waals surface area contributed by atoms with Gasteiger partial charge in [0.05, 0.1) is 11.2 Å². The molecule has 0 amide bonds. The molecule has 0 saturated carbocycles. The number of hydrogen-bond donors (Lipinski definition) is 0. The third-order valence-electron chi connectivity index (χ3n) is 5.11. The maximum absolute atomic E-state index is 6.93. The van der Waals surface area contributed by atoms with Gasteiger partial charge in [-0.15, -0.1) is 0 Å². The maximum Gasteiger partial charge on any atom is 0.0662 e. The molecule has 0 aromatic heterocycles. The summed E-state index contributed by atoms with van der Waals surface area (Å²) in [6.07, 6.45) is 12.5. The summed E-state index contributed by atoms with van der Waals surface area (Å²) in [4.78, 5) is 0. The molecule has 0 radical (unpaired) electrons. The molecule has 0 fully saturated rings. The maximum atomic E-state index is 6.93. The Bertz CT molecular complexity index is 256. The SMILES string of the molecule is CCCCC(C)(CCC(C)C)OC(C)(CCCC)CCC(C)C. The van der Waals surface area contributed by atoms with Gasteiger partial charge in [0.1, 0.15) is 0 Å². The van der Waals surface area contributed by atoms with Crippen molar-refractivity contribution < 1.29 is 4.74 Å². The number of rotatable bonds is 14. The molecule has 0 aromatic carbocycles. The molecule has 0 aliphatic rings. The van der Waals surface area contributed by atoms with Crippen LogP contribution < -0.4 is 0 Å². The number of ether oxygens (including phenoxy) is 1. The molecule has 1 nitrogen and oxygen atoms in total. The normalized spacial score (nSPS) is 17.5. The van der Waals surface area contributed by atoms with E-state index in [1.165, 1.54) is 64.2 Å². The largest absolute Gasteiger partial charge is 0.369 e. The van der Waals surface area contributed by atoms with Crippen molar-refractivity contribution in [3.63, 3.8) is 0 Å². The van der Waals surface area contributed by atoms with Crippen LogP contribution in [-0.2, 0) is 4.74 Å². The van der Waals surface area contributed by atoms with Gasteiger partial charge in [-0.25, -0.2) is 0 Å². The van der Waals surface area contributed by atoms with Crippen molar-refractivity contribution >= 4 is 0 Å². The quantitative estimate of drug-likeness (QED) is 0.317. The van der Waals surface area contributed by atoms with E-state index in [0.29, 0.717) is 0 Å². The van der Waals surface area contributed by atoms with E-state index in [0.717, 1.165) is 11.8 Å². The lowest BCUT2D eigenvalue weighted by atomic mass is 9.86. The van der Waals surface area contributed by atoms with Gasteiger partial charge >= 0.3 is 0 Å². The molecule has 0 aromatic rings. The van der Waals surface area contributed by atoms with Gasteiger partial charge in [-0.2, -0.15) is 0 Å². The summed E-state index contributed by atoms with van der Waals surface area (Å²) < 4.78 is 6.93. The standard InChI is InChI=1S/C22H46O/c1-9-11-15-21(7,17-13-19(3)4)23-22(8,16-12-10-2)18-14-20(5)6/h19-20H,9-18H2,1-8H3. The monoisotopic (exact) mass is 326 g/mol. The summed E-state index contributed by atoms with van der Waals surface area (Å²) in [6.45, 7) is 18.7. The average molecular weight is 327 g/mol. The van der Waals surface area contributed by atoms with Crippen LogP contribution in [0.3, 0.4) is 0 Å². The Balaban J connectivity index is 4.98. The molecule has 0 saturated heterocycles. The van der Waals surface area contributed by atoms with Crippen molar-refractivity contribution in [1.82, 2.24) is 0 Å². The summed E-state index contributed by atoms with van der Waals surface area (Å²) in [5, 5.41) is 0. The molecule has 0 aliphatic carbocycles. The molecule has 1 heteroatoms. The molecule has 0 rings (SSSR count). The summed E-state index contributed by atoms with van der Waals surface area (Å²) in [5.41, 5.74) is 0.111. The Kier molecular flexibility index (Phi) is 11.5. The molecule has 0 N–H and O–H groups in total. The van der Waals surface area contributed by atoms with E-state index in [2.05, 4.69) is 55.4 Å². The van der Waals surface area contributed by atoms with Crippen LogP contribution in [-0.4, -0.2) is 11.2 Å². The molecule has 2 unspecified atom stereocenters. The highest BCUT2D eigenvalue weighted by atomic mass is 16.5. The van der Waals surface area contributed by atoms with Crippen molar-refractivity contribution in [1.29, 1.82) is 0 Å². The van der Waals surface area contributed by atoms with Crippen molar-refractivity contribution in [2.24, 2.45) is 11.8 Å². The third kappa shape index (κ3) is 11.2. The van der Waals surface area contributed by atoms with Crippen molar-refractivity contribution in [2.45, 2.75) is 131 Å². The van der Waals surface area contributed by atoms with Crippen LogP contribution in [0, 0.1) is 11.8 Å². The topological polar surface area (TPSA) is 9.23 Å². The summed E-state index contributed by atoms with van der Waals surface area (Å²) >= 11 is 0. The smallest absolute Gasteiger partial charge is 0.0662 e. The van der Waals surface area contributed by atoms with E-state index in [-0.39, 0.29) is 11.2 Å². The van der Waals surface area contributed by atoms with E-state index in [1.54, 1.807) is 0 Å². The minimum Gasteiger partial charge on any atom is -0.369 e. The highest BCUT2D eigenvalue weighted by Crippen LogP contribution is 2.36. The first-order valence-electron chi connectivity index (χ1n) is 10.4. The van der Waals surface area contributed by atoms with Crippen LogP contribution in [0.15, 0.2) is 0 Å². The highest BCUT2D eigenvalue weighted by Gasteiger charge is 2.35. The molecular formula is C22H46O. The molecule has 0 spiro atoms. The fourth-order valence-corrected chi connectivity index (χ4v) is 3.34. The van der Waals surface area contributed by atoms with E-state index < -0.39 is 0 Å². The van der Waals surface area contributed by atoms with Crippen LogP contribution >= 0.6 is 0 Å². The van der Waals surface area contributed by atoms with Gasteiger partial charge in [0.2, 0.25) is 0 Å². The third-order valence-corrected chi connectivity index (χ3v) is 5.11. The van der Waals surface area contributed by atoms with E-state index in [1.807, 2.05) is 0 Å². The minimum atomic E-state index is 0.0553. The van der Waals surface area contributed by atoms with Crippen molar-refractivity contribution in [2.75, 3.05) is 0 Å². The summed E-state index contributed by atoms with van der Waals surface area (Å²) in [5.74, 6) is 1.52. The summed E-state index contributed by atoms with van der Waals surface area (Å²) in [7, 11) is 0. The van der Waals surface area contributed by atoms with E-state index in [4.69, 9.17) is 4.74 Å². The molecule has 0 heterocycles. The van der Waals surface area contributed by atoms with Gasteiger partial charge in [0.25, 0.3) is 0 Å². The van der Waals surface area contributed by atoms with Crippen LogP contribution in [0.2, 0.25) is 0 Å². The van der Waals surface area contributed by atoms with Gasteiger partial charge in [0, 0.05) is 0 Å². The Morgan fingerprint density at radius 2 is 1.00 bits per heavy atom. The number of hydrogen-bond acceptors (Lipinski definition) is 1. The van der Waals surface area contributed by atoms with Gasteiger partial charge in [-0.3, -0.25) is 0 Å². The highest BCUT2D eigenvalue weighted by molar-refractivity contribution is 4.84.